The van der Waals surface area contributed by atoms with Crippen molar-refractivity contribution in [1.82, 2.24) is 15.2 Å². The first-order valence-electron chi connectivity index (χ1n) is 7.23. The number of pyridine rings is 1. The maximum absolute atomic E-state index is 6.23. The minimum absolute atomic E-state index is 0.288. The third-order valence-corrected chi connectivity index (χ3v) is 4.80. The van der Waals surface area contributed by atoms with Crippen molar-refractivity contribution in [3.8, 4) is 0 Å². The molecule has 1 unspecified atom stereocenters. The van der Waals surface area contributed by atoms with E-state index in [0.717, 1.165) is 37.1 Å². The Labute approximate surface area is 120 Å². The summed E-state index contributed by atoms with van der Waals surface area (Å²) in [6.45, 7) is 6.72. The average molecular weight is 280 g/mol. The number of aromatic nitrogens is 1. The summed E-state index contributed by atoms with van der Waals surface area (Å²) in [5, 5.41) is 4.55. The lowest BCUT2D eigenvalue weighted by Crippen LogP contribution is -2.50. The molecule has 1 aliphatic carbocycles. The molecule has 2 fully saturated rings. The van der Waals surface area contributed by atoms with E-state index in [1.807, 2.05) is 12.3 Å². The summed E-state index contributed by atoms with van der Waals surface area (Å²) in [4.78, 5) is 6.60. The number of nitrogens with one attached hydrogen (secondary N) is 1. The normalized spacial score (nSPS) is 29.2. The van der Waals surface area contributed by atoms with Crippen LogP contribution in [0.3, 0.4) is 0 Å². The van der Waals surface area contributed by atoms with Gasteiger partial charge < -0.3 is 5.32 Å². The molecule has 1 N–H and O–H groups in total. The third-order valence-electron chi connectivity index (χ3n) is 4.46. The molecule has 1 aromatic heterocycles. The molecule has 1 saturated heterocycles. The van der Waals surface area contributed by atoms with E-state index in [9.17, 15) is 0 Å². The van der Waals surface area contributed by atoms with Gasteiger partial charge in [-0.05, 0) is 56.8 Å². The van der Waals surface area contributed by atoms with Gasteiger partial charge in [0, 0.05) is 31.0 Å². The molecule has 1 atom stereocenters. The fraction of sp³-hybridized carbons (Fsp3) is 0.667. The lowest BCUT2D eigenvalue weighted by molar-refractivity contribution is 0.195. The second-order valence-electron chi connectivity index (χ2n) is 6.15. The number of rotatable bonds is 3. The maximum atomic E-state index is 6.23. The van der Waals surface area contributed by atoms with E-state index in [2.05, 4.69) is 22.1 Å². The van der Waals surface area contributed by atoms with E-state index in [1.165, 1.54) is 24.8 Å². The molecule has 3 rings (SSSR count). The average Bonchev–Trinajstić information content (AvgIpc) is 3.20. The molecule has 1 saturated carbocycles. The number of hydrogen-bond donors (Lipinski definition) is 1. The summed E-state index contributed by atoms with van der Waals surface area (Å²) in [7, 11) is 0. The SMILES string of the molecule is CC1(C2CC2)CN(Cc2ccncc2Cl)CCCN1. The fourth-order valence-corrected chi connectivity index (χ4v) is 3.36. The van der Waals surface area contributed by atoms with Gasteiger partial charge in [-0.25, -0.2) is 0 Å². The highest BCUT2D eigenvalue weighted by Gasteiger charge is 2.42. The third kappa shape index (κ3) is 3.10. The van der Waals surface area contributed by atoms with Gasteiger partial charge in [0.2, 0.25) is 0 Å². The largest absolute Gasteiger partial charge is 0.310 e. The Kier molecular flexibility index (Phi) is 3.79. The molecule has 0 spiro atoms. The van der Waals surface area contributed by atoms with Crippen LogP contribution in [0.5, 0.6) is 0 Å². The Hall–Kier alpha value is -0.640. The highest BCUT2D eigenvalue weighted by Crippen LogP contribution is 2.40. The van der Waals surface area contributed by atoms with Crippen LogP contribution in [0, 0.1) is 5.92 Å². The van der Waals surface area contributed by atoms with Crippen molar-refractivity contribution >= 4 is 11.6 Å². The smallest absolute Gasteiger partial charge is 0.0634 e. The van der Waals surface area contributed by atoms with Crippen molar-refractivity contribution in [2.45, 2.75) is 38.3 Å². The zero-order chi connectivity index (χ0) is 13.3. The van der Waals surface area contributed by atoms with Gasteiger partial charge in [-0.2, -0.15) is 0 Å². The Bertz CT molecular complexity index is 447. The Morgan fingerprint density at radius 3 is 3.11 bits per heavy atom. The van der Waals surface area contributed by atoms with E-state index in [-0.39, 0.29) is 5.54 Å². The fourth-order valence-electron chi connectivity index (χ4n) is 3.18. The second kappa shape index (κ2) is 5.39. The van der Waals surface area contributed by atoms with Gasteiger partial charge in [0.15, 0.2) is 0 Å². The molecule has 19 heavy (non-hydrogen) atoms. The van der Waals surface area contributed by atoms with Crippen molar-refractivity contribution in [2.24, 2.45) is 5.92 Å². The number of nitrogens with zero attached hydrogens (tertiary/aromatic N) is 2. The van der Waals surface area contributed by atoms with E-state index in [4.69, 9.17) is 11.6 Å². The Morgan fingerprint density at radius 2 is 2.37 bits per heavy atom. The summed E-state index contributed by atoms with van der Waals surface area (Å²) in [6.07, 6.45) is 7.55. The van der Waals surface area contributed by atoms with Crippen LogP contribution in [0.1, 0.15) is 31.7 Å². The molecule has 2 aliphatic rings. The van der Waals surface area contributed by atoms with Gasteiger partial charge in [-0.3, -0.25) is 9.88 Å². The van der Waals surface area contributed by atoms with Crippen LogP contribution in [0.2, 0.25) is 5.02 Å². The van der Waals surface area contributed by atoms with Crippen molar-refractivity contribution in [2.75, 3.05) is 19.6 Å². The second-order valence-corrected chi connectivity index (χ2v) is 6.56. The molecule has 0 aromatic carbocycles. The van der Waals surface area contributed by atoms with Gasteiger partial charge in [-0.15, -0.1) is 0 Å². The zero-order valence-electron chi connectivity index (χ0n) is 11.5. The van der Waals surface area contributed by atoms with Crippen LogP contribution >= 0.6 is 11.6 Å². The molecular weight excluding hydrogens is 258 g/mol. The summed E-state index contributed by atoms with van der Waals surface area (Å²) in [6, 6.07) is 2.04. The lowest BCUT2D eigenvalue weighted by atomic mass is 9.95. The van der Waals surface area contributed by atoms with Gasteiger partial charge in [0.25, 0.3) is 0 Å². The molecule has 104 valence electrons. The van der Waals surface area contributed by atoms with Crippen LogP contribution in [0.4, 0.5) is 0 Å². The summed E-state index contributed by atoms with van der Waals surface area (Å²) in [5.74, 6) is 0.862. The molecule has 1 aromatic rings. The topological polar surface area (TPSA) is 28.2 Å². The Morgan fingerprint density at radius 1 is 1.53 bits per heavy atom. The minimum atomic E-state index is 0.288. The standard InChI is InChI=1S/C15H22ClN3/c1-15(13-3-4-13)11-19(8-2-6-18-15)10-12-5-7-17-9-14(12)16/h5,7,9,13,18H,2-4,6,8,10-11H2,1H3. The molecule has 0 radical (unpaired) electrons. The minimum Gasteiger partial charge on any atom is -0.310 e. The molecule has 0 bridgehead atoms. The van der Waals surface area contributed by atoms with Crippen molar-refractivity contribution in [3.63, 3.8) is 0 Å². The predicted molar refractivity (Wildman–Crippen MR) is 78.3 cm³/mol. The van der Waals surface area contributed by atoms with Gasteiger partial charge >= 0.3 is 0 Å². The Balaban J connectivity index is 1.71. The summed E-state index contributed by atoms with van der Waals surface area (Å²) >= 11 is 6.23. The van der Waals surface area contributed by atoms with Crippen LogP contribution in [-0.2, 0) is 6.54 Å². The van der Waals surface area contributed by atoms with Crippen molar-refractivity contribution in [1.29, 1.82) is 0 Å². The molecule has 3 nitrogen and oxygen atoms in total. The predicted octanol–water partition coefficient (Wildman–Crippen LogP) is 2.70. The van der Waals surface area contributed by atoms with Crippen molar-refractivity contribution < 1.29 is 0 Å². The summed E-state index contributed by atoms with van der Waals surface area (Å²) in [5.41, 5.74) is 1.48. The first-order chi connectivity index (χ1) is 9.17. The van der Waals surface area contributed by atoms with E-state index < -0.39 is 0 Å². The molecule has 1 aliphatic heterocycles. The summed E-state index contributed by atoms with van der Waals surface area (Å²) < 4.78 is 0. The monoisotopic (exact) mass is 279 g/mol. The quantitative estimate of drug-likeness (QED) is 0.922. The first-order valence-corrected chi connectivity index (χ1v) is 7.61. The van der Waals surface area contributed by atoms with Crippen LogP contribution in [0.25, 0.3) is 0 Å². The van der Waals surface area contributed by atoms with E-state index >= 15 is 0 Å². The number of hydrogen-bond acceptors (Lipinski definition) is 3. The number of halogens is 1. The van der Waals surface area contributed by atoms with Crippen molar-refractivity contribution in [3.05, 3.63) is 29.0 Å². The van der Waals surface area contributed by atoms with Gasteiger partial charge in [-0.1, -0.05) is 11.6 Å². The van der Waals surface area contributed by atoms with E-state index in [0.29, 0.717) is 0 Å². The van der Waals surface area contributed by atoms with Crippen LogP contribution < -0.4 is 5.32 Å². The highest BCUT2D eigenvalue weighted by molar-refractivity contribution is 6.31. The molecule has 0 amide bonds. The maximum Gasteiger partial charge on any atom is 0.0634 e. The van der Waals surface area contributed by atoms with Crippen LogP contribution in [0.15, 0.2) is 18.5 Å². The first kappa shape index (κ1) is 13.3. The van der Waals surface area contributed by atoms with Gasteiger partial charge in [0.1, 0.15) is 0 Å². The molecule has 2 heterocycles. The lowest BCUT2D eigenvalue weighted by Gasteiger charge is -2.34. The molecule has 4 heteroatoms. The highest BCUT2D eigenvalue weighted by atomic mass is 35.5. The van der Waals surface area contributed by atoms with E-state index in [1.54, 1.807) is 6.20 Å². The van der Waals surface area contributed by atoms with Crippen LogP contribution in [-0.4, -0.2) is 35.1 Å². The van der Waals surface area contributed by atoms with Gasteiger partial charge in [0.05, 0.1) is 5.02 Å². The zero-order valence-corrected chi connectivity index (χ0v) is 12.3. The molecular formula is C15H22ClN3.